The van der Waals surface area contributed by atoms with Crippen LogP contribution in [0.15, 0.2) is 46.1 Å². The van der Waals surface area contributed by atoms with E-state index in [9.17, 15) is 29.2 Å². The van der Waals surface area contributed by atoms with Crippen LogP contribution in [-0.4, -0.2) is 63.2 Å². The van der Waals surface area contributed by atoms with Gasteiger partial charge in [-0.15, -0.1) is 0 Å². The lowest BCUT2D eigenvalue weighted by Crippen LogP contribution is -2.38. The summed E-state index contributed by atoms with van der Waals surface area (Å²) in [7, 11) is -4.24. The molecule has 2 heterocycles. The van der Waals surface area contributed by atoms with Gasteiger partial charge in [0.25, 0.3) is 5.56 Å². The van der Waals surface area contributed by atoms with Crippen molar-refractivity contribution in [2.45, 2.75) is 57.3 Å². The van der Waals surface area contributed by atoms with Crippen LogP contribution in [0.5, 0.6) is 5.75 Å². The van der Waals surface area contributed by atoms with Gasteiger partial charge in [0.05, 0.1) is 18.3 Å². The highest BCUT2D eigenvalue weighted by molar-refractivity contribution is 7.52. The topological polar surface area (TPSA) is 189 Å². The third kappa shape index (κ3) is 6.88. The second-order valence-electron chi connectivity index (χ2n) is 8.14. The Balaban J connectivity index is 1.75. The van der Waals surface area contributed by atoms with Gasteiger partial charge in [-0.3, -0.25) is 19.1 Å². The van der Waals surface area contributed by atoms with Crippen LogP contribution < -0.4 is 20.9 Å². The minimum atomic E-state index is -4.24. The summed E-state index contributed by atoms with van der Waals surface area (Å²) in [6, 6.07) is 6.97. The molecule has 3 rings (SSSR count). The molecule has 13 nitrogen and oxygen atoms in total. The fourth-order valence-corrected chi connectivity index (χ4v) is 4.78. The Hall–Kier alpha value is -2.80. The molecule has 0 spiro atoms. The lowest BCUT2D eigenvalue weighted by Gasteiger charge is -2.25. The molecule has 6 atom stereocenters. The highest BCUT2D eigenvalue weighted by Gasteiger charge is 2.46. The van der Waals surface area contributed by atoms with E-state index in [1.54, 1.807) is 32.0 Å². The molecule has 5 N–H and O–H groups in total. The summed E-state index contributed by atoms with van der Waals surface area (Å²) in [5, 5.41) is 23.3. The van der Waals surface area contributed by atoms with E-state index in [4.69, 9.17) is 18.5 Å². The average molecular weight is 513 g/mol. The number of aromatic amines is 2. The van der Waals surface area contributed by atoms with Crippen LogP contribution >= 0.6 is 7.75 Å². The van der Waals surface area contributed by atoms with Crippen molar-refractivity contribution in [2.75, 3.05) is 6.61 Å². The van der Waals surface area contributed by atoms with Crippen LogP contribution in [0, 0.1) is 0 Å². The SMILES string of the molecule is CC(C)OC(=O)[C@@H](C)N[P@@](=O)(OC[C@H]1O[C@@H](c2c[nH]c(=O)[nH]c2=O)[C@H](O)[C@@H]1O)Oc1ccccc1. The van der Waals surface area contributed by atoms with Crippen LogP contribution in [0.3, 0.4) is 0 Å². The number of rotatable bonds is 10. The summed E-state index contributed by atoms with van der Waals surface area (Å²) in [5.74, 6) is -0.510. The van der Waals surface area contributed by atoms with Crippen molar-refractivity contribution < 1.29 is 38.1 Å². The summed E-state index contributed by atoms with van der Waals surface area (Å²) in [6.07, 6.45) is -4.93. The predicted molar refractivity (Wildman–Crippen MR) is 122 cm³/mol. The number of hydrogen-bond donors (Lipinski definition) is 5. The minimum absolute atomic E-state index is 0.120. The third-order valence-corrected chi connectivity index (χ3v) is 6.60. The molecule has 2 aromatic rings. The van der Waals surface area contributed by atoms with Gasteiger partial charge in [0.15, 0.2) is 0 Å². The number of aliphatic hydroxyl groups excluding tert-OH is 2. The smallest absolute Gasteiger partial charge is 0.459 e. The fourth-order valence-electron chi connectivity index (χ4n) is 3.28. The molecule has 192 valence electrons. The van der Waals surface area contributed by atoms with Gasteiger partial charge < -0.3 is 29.2 Å². The van der Waals surface area contributed by atoms with Gasteiger partial charge in [0, 0.05) is 6.20 Å². The van der Waals surface area contributed by atoms with E-state index < -0.39 is 68.1 Å². The number of benzene rings is 1. The quantitative estimate of drug-likeness (QED) is 0.218. The number of esters is 1. The number of carbonyl (C=O) groups is 1. The Bertz CT molecular complexity index is 1170. The van der Waals surface area contributed by atoms with Crippen molar-refractivity contribution in [1.29, 1.82) is 0 Å². The number of nitrogens with one attached hydrogen (secondary N) is 3. The van der Waals surface area contributed by atoms with Gasteiger partial charge in [-0.2, -0.15) is 5.09 Å². The molecule has 0 unspecified atom stereocenters. The van der Waals surface area contributed by atoms with Gasteiger partial charge in [-0.05, 0) is 32.9 Å². The Morgan fingerprint density at radius 3 is 2.49 bits per heavy atom. The maximum Gasteiger partial charge on any atom is 0.459 e. The van der Waals surface area contributed by atoms with E-state index in [-0.39, 0.29) is 11.3 Å². The first kappa shape index (κ1) is 26.8. The Morgan fingerprint density at radius 1 is 1.17 bits per heavy atom. The number of H-pyrrole nitrogens is 2. The molecule has 1 aliphatic rings. The number of hydrogen-bond acceptors (Lipinski definition) is 10. The molecule has 1 fully saturated rings. The van der Waals surface area contributed by atoms with Crippen LogP contribution in [0.4, 0.5) is 0 Å². The predicted octanol–water partition coefficient (Wildman–Crippen LogP) is 0.358. The second kappa shape index (κ2) is 11.3. The van der Waals surface area contributed by atoms with Crippen LogP contribution in [0.25, 0.3) is 0 Å². The summed E-state index contributed by atoms with van der Waals surface area (Å²) >= 11 is 0. The normalized spacial score (nSPS) is 24.6. The van der Waals surface area contributed by atoms with E-state index in [0.29, 0.717) is 0 Å². The van der Waals surface area contributed by atoms with Crippen LogP contribution in [0.1, 0.15) is 32.4 Å². The Labute approximate surface area is 200 Å². The van der Waals surface area contributed by atoms with Crippen molar-refractivity contribution in [3.8, 4) is 5.75 Å². The molecular formula is C21H28N3O10P. The molecule has 0 aliphatic carbocycles. The van der Waals surface area contributed by atoms with Crippen molar-refractivity contribution in [2.24, 2.45) is 0 Å². The number of carbonyl (C=O) groups excluding carboxylic acids is 1. The summed E-state index contributed by atoms with van der Waals surface area (Å²) in [6.45, 7) is 4.20. The third-order valence-electron chi connectivity index (χ3n) is 4.95. The second-order valence-corrected chi connectivity index (χ2v) is 9.83. The maximum atomic E-state index is 13.5. The molecular weight excluding hydrogens is 485 g/mol. The molecule has 1 saturated heterocycles. The highest BCUT2D eigenvalue weighted by Crippen LogP contribution is 2.46. The lowest BCUT2D eigenvalue weighted by molar-refractivity contribution is -0.149. The number of ether oxygens (including phenoxy) is 2. The summed E-state index contributed by atoms with van der Waals surface area (Å²) in [4.78, 5) is 39.8. The first-order chi connectivity index (χ1) is 16.5. The van der Waals surface area contributed by atoms with Gasteiger partial charge in [0.2, 0.25) is 0 Å². The molecule has 14 heteroatoms. The molecule has 1 aromatic heterocycles. The first-order valence-corrected chi connectivity index (χ1v) is 12.3. The van der Waals surface area contributed by atoms with Crippen LogP contribution in [-0.2, 0) is 23.4 Å². The zero-order valence-corrected chi connectivity index (χ0v) is 20.1. The molecule has 1 aromatic carbocycles. The zero-order chi connectivity index (χ0) is 25.8. The first-order valence-electron chi connectivity index (χ1n) is 10.8. The molecule has 0 radical (unpaired) electrons. The summed E-state index contributed by atoms with van der Waals surface area (Å²) in [5.41, 5.74) is -1.67. The van der Waals surface area contributed by atoms with Gasteiger partial charge >= 0.3 is 19.4 Å². The molecule has 0 amide bonds. The lowest BCUT2D eigenvalue weighted by atomic mass is 10.0. The van der Waals surface area contributed by atoms with Crippen molar-refractivity contribution in [3.63, 3.8) is 0 Å². The molecule has 0 saturated carbocycles. The minimum Gasteiger partial charge on any atom is -0.462 e. The Kier molecular flexibility index (Phi) is 8.65. The van der Waals surface area contributed by atoms with E-state index >= 15 is 0 Å². The number of aliphatic hydroxyl groups is 2. The molecule has 35 heavy (non-hydrogen) atoms. The summed E-state index contributed by atoms with van der Waals surface area (Å²) < 4.78 is 35.2. The average Bonchev–Trinajstić information content (AvgIpc) is 3.06. The van der Waals surface area contributed by atoms with Gasteiger partial charge in [-0.25, -0.2) is 9.36 Å². The largest absolute Gasteiger partial charge is 0.462 e. The van der Waals surface area contributed by atoms with Crippen LogP contribution in [0.2, 0.25) is 0 Å². The van der Waals surface area contributed by atoms with E-state index in [1.807, 2.05) is 4.98 Å². The van der Waals surface area contributed by atoms with Crippen molar-refractivity contribution in [1.82, 2.24) is 15.1 Å². The fraction of sp³-hybridized carbons (Fsp3) is 0.476. The maximum absolute atomic E-state index is 13.5. The standard InChI is InChI=1S/C21H28N3O10P/c1-11(2)32-20(28)12(3)24-35(30,34-13-7-5-4-6-8-13)31-10-15-16(25)17(26)18(33-15)14-9-22-21(29)23-19(14)27/h4-9,11-12,15-18,25-26H,10H2,1-3H3,(H,24,30)(H2,22,23,27,29)/t12-,15-,16-,17-,18+,35-/m1/s1. The molecule has 1 aliphatic heterocycles. The van der Waals surface area contributed by atoms with Crippen molar-refractivity contribution >= 4 is 13.7 Å². The van der Waals surface area contributed by atoms with Gasteiger partial charge in [0.1, 0.15) is 36.2 Å². The number of aromatic nitrogens is 2. The molecule has 0 bridgehead atoms. The highest BCUT2D eigenvalue weighted by atomic mass is 31.2. The van der Waals surface area contributed by atoms with E-state index in [2.05, 4.69) is 10.1 Å². The van der Waals surface area contributed by atoms with E-state index in [1.165, 1.54) is 19.1 Å². The number of para-hydroxylation sites is 1. The van der Waals surface area contributed by atoms with Crippen molar-refractivity contribution in [3.05, 3.63) is 62.9 Å². The zero-order valence-electron chi connectivity index (χ0n) is 19.2. The van der Waals surface area contributed by atoms with Gasteiger partial charge in [-0.1, -0.05) is 18.2 Å². The van der Waals surface area contributed by atoms with E-state index in [0.717, 1.165) is 6.20 Å². The monoisotopic (exact) mass is 513 g/mol. The Morgan fingerprint density at radius 2 is 1.86 bits per heavy atom.